The first-order valence-corrected chi connectivity index (χ1v) is 4.99. The molecule has 5 nitrogen and oxygen atoms in total. The molecule has 1 aromatic rings. The lowest BCUT2D eigenvalue weighted by molar-refractivity contribution is -0.385. The van der Waals surface area contributed by atoms with Gasteiger partial charge in [0, 0.05) is 15.2 Å². The highest BCUT2D eigenvalue weighted by molar-refractivity contribution is 14.1. The van der Waals surface area contributed by atoms with Gasteiger partial charge in [-0.3, -0.25) is 19.7 Å². The molecular formula is C9H6INO4. The minimum absolute atomic E-state index is 0.0191. The van der Waals surface area contributed by atoms with E-state index in [4.69, 9.17) is 0 Å². The van der Waals surface area contributed by atoms with Crippen LogP contribution in [0, 0.1) is 13.7 Å². The van der Waals surface area contributed by atoms with Crippen LogP contribution in [-0.2, 0) is 0 Å². The number of hydrogen-bond acceptors (Lipinski definition) is 4. The number of nitro groups is 1. The van der Waals surface area contributed by atoms with Gasteiger partial charge >= 0.3 is 0 Å². The number of carbonyl (C=O) groups excluding carboxylic acids is 2. The maximum atomic E-state index is 11.1. The summed E-state index contributed by atoms with van der Waals surface area (Å²) >= 11 is 1.86. The van der Waals surface area contributed by atoms with E-state index in [-0.39, 0.29) is 22.6 Å². The van der Waals surface area contributed by atoms with Crippen molar-refractivity contribution < 1.29 is 14.5 Å². The van der Waals surface area contributed by atoms with Crippen molar-refractivity contribution in [2.45, 2.75) is 6.92 Å². The van der Waals surface area contributed by atoms with Crippen LogP contribution >= 0.6 is 22.6 Å². The van der Waals surface area contributed by atoms with Gasteiger partial charge in [-0.15, -0.1) is 0 Å². The van der Waals surface area contributed by atoms with Gasteiger partial charge in [-0.05, 0) is 35.6 Å². The van der Waals surface area contributed by atoms with Crippen LogP contribution in [0.1, 0.15) is 27.6 Å². The Kier molecular flexibility index (Phi) is 3.51. The number of Topliss-reactive ketones (excluding diaryl/α,β-unsaturated/α-hetero) is 1. The summed E-state index contributed by atoms with van der Waals surface area (Å²) < 4.78 is 0.535. The summed E-state index contributed by atoms with van der Waals surface area (Å²) in [6.45, 7) is 1.32. The number of hydrogen-bond donors (Lipinski definition) is 0. The fourth-order valence-corrected chi connectivity index (χ4v) is 1.97. The minimum Gasteiger partial charge on any atom is -0.298 e. The molecule has 0 bridgehead atoms. The van der Waals surface area contributed by atoms with Crippen LogP contribution in [-0.4, -0.2) is 17.0 Å². The third kappa shape index (κ3) is 2.38. The van der Waals surface area contributed by atoms with Crippen LogP contribution < -0.4 is 0 Å². The van der Waals surface area contributed by atoms with Gasteiger partial charge in [-0.1, -0.05) is 0 Å². The molecule has 0 amide bonds. The zero-order valence-corrected chi connectivity index (χ0v) is 9.85. The highest BCUT2D eigenvalue weighted by Gasteiger charge is 2.18. The summed E-state index contributed by atoms with van der Waals surface area (Å²) in [7, 11) is 0. The Morgan fingerprint density at radius 1 is 1.53 bits per heavy atom. The molecule has 0 aromatic heterocycles. The molecule has 0 saturated carbocycles. The lowest BCUT2D eigenvalue weighted by Crippen LogP contribution is -2.02. The molecule has 0 spiro atoms. The fraction of sp³-hybridized carbons (Fsp3) is 0.111. The number of nitrogens with zero attached hydrogens (tertiary/aromatic N) is 1. The van der Waals surface area contributed by atoms with Crippen LogP contribution in [0.15, 0.2) is 12.1 Å². The van der Waals surface area contributed by atoms with Gasteiger partial charge in [-0.2, -0.15) is 0 Å². The molecule has 0 N–H and O–H groups in total. The Morgan fingerprint density at radius 2 is 2.13 bits per heavy atom. The van der Waals surface area contributed by atoms with E-state index < -0.39 is 4.92 Å². The second kappa shape index (κ2) is 4.47. The number of carbonyl (C=O) groups is 2. The van der Waals surface area contributed by atoms with Gasteiger partial charge in [0.15, 0.2) is 12.1 Å². The topological polar surface area (TPSA) is 77.3 Å². The number of aldehydes is 1. The van der Waals surface area contributed by atoms with Crippen molar-refractivity contribution in [3.8, 4) is 0 Å². The predicted octanol–water partition coefficient (Wildman–Crippen LogP) is 2.21. The lowest BCUT2D eigenvalue weighted by Gasteiger charge is -2.02. The smallest absolute Gasteiger partial charge is 0.280 e. The van der Waals surface area contributed by atoms with Gasteiger partial charge in [0.1, 0.15) is 0 Å². The molecule has 1 rings (SSSR count). The molecular weight excluding hydrogens is 313 g/mol. The number of nitro benzene ring substituents is 1. The Bertz CT molecular complexity index is 456. The largest absolute Gasteiger partial charge is 0.298 e. The lowest BCUT2D eigenvalue weighted by atomic mass is 10.1. The summed E-state index contributed by atoms with van der Waals surface area (Å²) in [4.78, 5) is 31.6. The van der Waals surface area contributed by atoms with Gasteiger partial charge in [-0.25, -0.2) is 0 Å². The van der Waals surface area contributed by atoms with Crippen molar-refractivity contribution in [1.82, 2.24) is 0 Å². The quantitative estimate of drug-likeness (QED) is 0.281. The first kappa shape index (κ1) is 11.8. The molecule has 78 valence electrons. The highest BCUT2D eigenvalue weighted by atomic mass is 127. The van der Waals surface area contributed by atoms with Crippen molar-refractivity contribution >= 4 is 40.3 Å². The summed E-state index contributed by atoms with van der Waals surface area (Å²) in [5.74, 6) is -0.264. The minimum atomic E-state index is -0.674. The molecule has 1 aromatic carbocycles. The average molecular weight is 319 g/mol. The molecule has 0 aliphatic carbocycles. The van der Waals surface area contributed by atoms with Crippen LogP contribution in [0.25, 0.3) is 0 Å². The van der Waals surface area contributed by atoms with Crippen molar-refractivity contribution in [3.63, 3.8) is 0 Å². The van der Waals surface area contributed by atoms with Gasteiger partial charge in [0.2, 0.25) is 0 Å². The molecule has 0 radical (unpaired) electrons. The van der Waals surface area contributed by atoms with Crippen LogP contribution in [0.3, 0.4) is 0 Å². The summed E-state index contributed by atoms with van der Waals surface area (Å²) in [5, 5.41) is 10.6. The molecule has 0 fully saturated rings. The molecule has 0 aliphatic heterocycles. The van der Waals surface area contributed by atoms with E-state index in [2.05, 4.69) is 0 Å². The van der Waals surface area contributed by atoms with Crippen LogP contribution in [0.5, 0.6) is 0 Å². The maximum absolute atomic E-state index is 11.1. The standard InChI is InChI=1S/C9H6INO4/c1-5(13)7-3-9(11(14)15)6(4-12)2-8(7)10/h2-4H,1H3. The normalized spacial score (nSPS) is 9.73. The van der Waals surface area contributed by atoms with Crippen molar-refractivity contribution in [2.75, 3.05) is 0 Å². The molecule has 0 aliphatic rings. The molecule has 0 atom stereocenters. The Balaban J connectivity index is 3.50. The first-order valence-electron chi connectivity index (χ1n) is 3.91. The van der Waals surface area contributed by atoms with Crippen molar-refractivity contribution in [2.24, 2.45) is 0 Å². The SMILES string of the molecule is CC(=O)c1cc([N+](=O)[O-])c(C=O)cc1I. The van der Waals surface area contributed by atoms with E-state index in [1.165, 1.54) is 13.0 Å². The van der Waals surface area contributed by atoms with E-state index in [0.717, 1.165) is 6.07 Å². The number of ketones is 1. The van der Waals surface area contributed by atoms with E-state index in [9.17, 15) is 19.7 Å². The molecule has 0 heterocycles. The number of rotatable bonds is 3. The summed E-state index contributed by atoms with van der Waals surface area (Å²) in [6.07, 6.45) is 0.407. The monoisotopic (exact) mass is 319 g/mol. The second-order valence-electron chi connectivity index (χ2n) is 2.82. The zero-order chi connectivity index (χ0) is 11.6. The van der Waals surface area contributed by atoms with E-state index in [1.807, 2.05) is 22.6 Å². The van der Waals surface area contributed by atoms with Crippen molar-refractivity contribution in [3.05, 3.63) is 36.9 Å². The molecule has 0 saturated heterocycles. The van der Waals surface area contributed by atoms with E-state index in [0.29, 0.717) is 9.86 Å². The third-order valence-electron chi connectivity index (χ3n) is 1.82. The maximum Gasteiger partial charge on any atom is 0.280 e. The van der Waals surface area contributed by atoms with Crippen LogP contribution in [0.2, 0.25) is 0 Å². The van der Waals surface area contributed by atoms with Crippen LogP contribution in [0.4, 0.5) is 5.69 Å². The molecule has 15 heavy (non-hydrogen) atoms. The predicted molar refractivity (Wildman–Crippen MR) is 61.2 cm³/mol. The average Bonchev–Trinajstić information content (AvgIpc) is 2.16. The Morgan fingerprint density at radius 3 is 2.53 bits per heavy atom. The zero-order valence-electron chi connectivity index (χ0n) is 7.69. The van der Waals surface area contributed by atoms with Gasteiger partial charge in [0.05, 0.1) is 10.5 Å². The Hall–Kier alpha value is -1.31. The van der Waals surface area contributed by atoms with Gasteiger partial charge < -0.3 is 0 Å². The Labute approximate surface area is 98.8 Å². The highest BCUT2D eigenvalue weighted by Crippen LogP contribution is 2.24. The van der Waals surface area contributed by atoms with E-state index >= 15 is 0 Å². The summed E-state index contributed by atoms with van der Waals surface area (Å²) in [6, 6.07) is 2.47. The second-order valence-corrected chi connectivity index (χ2v) is 3.98. The number of halogens is 1. The third-order valence-corrected chi connectivity index (χ3v) is 2.71. The first-order chi connectivity index (χ1) is 6.97. The molecule has 0 unspecified atom stereocenters. The van der Waals surface area contributed by atoms with Gasteiger partial charge in [0.25, 0.3) is 5.69 Å². The van der Waals surface area contributed by atoms with E-state index in [1.54, 1.807) is 0 Å². The molecule has 6 heteroatoms. The number of benzene rings is 1. The summed E-state index contributed by atoms with van der Waals surface area (Å²) in [5.41, 5.74) is -0.0992. The van der Waals surface area contributed by atoms with Crippen molar-refractivity contribution in [1.29, 1.82) is 0 Å². The fourth-order valence-electron chi connectivity index (χ4n) is 1.10.